The topological polar surface area (TPSA) is 67.2 Å². The van der Waals surface area contributed by atoms with Crippen LogP contribution in [0.25, 0.3) is 0 Å². The SMILES string of the molecule is CCNC(C)(CCCn1ccnc1CC)C(=O)O. The van der Waals surface area contributed by atoms with Gasteiger partial charge in [-0.25, -0.2) is 4.98 Å². The van der Waals surface area contributed by atoms with E-state index in [2.05, 4.69) is 21.8 Å². The maximum atomic E-state index is 11.2. The zero-order valence-electron chi connectivity index (χ0n) is 11.4. The third-order valence-corrected chi connectivity index (χ3v) is 3.23. The molecule has 0 radical (unpaired) electrons. The van der Waals surface area contributed by atoms with Gasteiger partial charge in [0.15, 0.2) is 0 Å². The predicted octanol–water partition coefficient (Wildman–Crippen LogP) is 1.68. The molecule has 0 fully saturated rings. The van der Waals surface area contributed by atoms with Crippen LogP contribution in [0, 0.1) is 0 Å². The van der Waals surface area contributed by atoms with Crippen molar-refractivity contribution < 1.29 is 9.90 Å². The van der Waals surface area contributed by atoms with Crippen LogP contribution in [0.2, 0.25) is 0 Å². The summed E-state index contributed by atoms with van der Waals surface area (Å²) in [4.78, 5) is 15.5. The van der Waals surface area contributed by atoms with Crippen molar-refractivity contribution in [3.05, 3.63) is 18.2 Å². The highest BCUT2D eigenvalue weighted by molar-refractivity contribution is 5.78. The normalized spacial score (nSPS) is 14.4. The van der Waals surface area contributed by atoms with E-state index in [1.807, 2.05) is 13.1 Å². The fraction of sp³-hybridized carbons (Fsp3) is 0.692. The van der Waals surface area contributed by atoms with Gasteiger partial charge in [0, 0.05) is 25.4 Å². The van der Waals surface area contributed by atoms with Gasteiger partial charge in [-0.05, 0) is 26.3 Å². The Morgan fingerprint density at radius 2 is 2.28 bits per heavy atom. The number of nitrogens with zero attached hydrogens (tertiary/aromatic N) is 2. The van der Waals surface area contributed by atoms with Crippen LogP contribution in [0.15, 0.2) is 12.4 Å². The molecule has 1 rings (SSSR count). The Morgan fingerprint density at radius 3 is 2.83 bits per heavy atom. The summed E-state index contributed by atoms with van der Waals surface area (Å²) in [6.45, 7) is 7.21. The average Bonchev–Trinajstić information content (AvgIpc) is 2.76. The van der Waals surface area contributed by atoms with Crippen LogP contribution in [0.5, 0.6) is 0 Å². The quantitative estimate of drug-likeness (QED) is 0.739. The zero-order chi connectivity index (χ0) is 13.6. The van der Waals surface area contributed by atoms with Gasteiger partial charge in [0.25, 0.3) is 0 Å². The number of rotatable bonds is 8. The highest BCUT2D eigenvalue weighted by atomic mass is 16.4. The number of carboxylic acids is 1. The van der Waals surface area contributed by atoms with Gasteiger partial charge in [0.2, 0.25) is 0 Å². The third kappa shape index (κ3) is 3.57. The number of imidazole rings is 1. The number of aromatic nitrogens is 2. The minimum atomic E-state index is -0.832. The third-order valence-electron chi connectivity index (χ3n) is 3.23. The van der Waals surface area contributed by atoms with E-state index in [4.69, 9.17) is 0 Å². The number of aliphatic carboxylic acids is 1. The van der Waals surface area contributed by atoms with Gasteiger partial charge >= 0.3 is 5.97 Å². The van der Waals surface area contributed by atoms with Crippen LogP contribution in [-0.2, 0) is 17.8 Å². The molecule has 1 aromatic heterocycles. The van der Waals surface area contributed by atoms with E-state index < -0.39 is 11.5 Å². The monoisotopic (exact) mass is 253 g/mol. The van der Waals surface area contributed by atoms with Crippen molar-refractivity contribution in [1.82, 2.24) is 14.9 Å². The van der Waals surface area contributed by atoms with Gasteiger partial charge in [-0.1, -0.05) is 13.8 Å². The van der Waals surface area contributed by atoms with Crippen LogP contribution in [-0.4, -0.2) is 32.7 Å². The lowest BCUT2D eigenvalue weighted by molar-refractivity contribution is -0.144. The van der Waals surface area contributed by atoms with Crippen LogP contribution in [0.1, 0.15) is 39.4 Å². The summed E-state index contributed by atoms with van der Waals surface area (Å²) >= 11 is 0. The Morgan fingerprint density at radius 1 is 1.56 bits per heavy atom. The molecule has 5 heteroatoms. The molecule has 0 aliphatic rings. The van der Waals surface area contributed by atoms with Crippen molar-refractivity contribution in [2.75, 3.05) is 6.54 Å². The van der Waals surface area contributed by atoms with Crippen LogP contribution in [0.3, 0.4) is 0 Å². The average molecular weight is 253 g/mol. The second kappa shape index (κ2) is 6.54. The molecule has 5 nitrogen and oxygen atoms in total. The maximum Gasteiger partial charge on any atom is 0.323 e. The maximum absolute atomic E-state index is 11.2. The van der Waals surface area contributed by atoms with Gasteiger partial charge in [-0.2, -0.15) is 0 Å². The van der Waals surface area contributed by atoms with Crippen LogP contribution >= 0.6 is 0 Å². The summed E-state index contributed by atoms with van der Waals surface area (Å²) in [6, 6.07) is 0. The number of aryl methyl sites for hydroxylation is 2. The smallest absolute Gasteiger partial charge is 0.323 e. The Hall–Kier alpha value is -1.36. The van der Waals surface area contributed by atoms with Crippen molar-refractivity contribution in [1.29, 1.82) is 0 Å². The number of hydrogen-bond donors (Lipinski definition) is 2. The highest BCUT2D eigenvalue weighted by Crippen LogP contribution is 2.14. The van der Waals surface area contributed by atoms with E-state index in [1.165, 1.54) is 0 Å². The molecule has 1 heterocycles. The molecule has 1 atom stereocenters. The molecule has 1 aromatic rings. The summed E-state index contributed by atoms with van der Waals surface area (Å²) < 4.78 is 2.09. The summed E-state index contributed by atoms with van der Waals surface area (Å²) in [5, 5.41) is 12.3. The number of likely N-dealkylation sites (N-methyl/N-ethyl adjacent to an activating group) is 1. The van der Waals surface area contributed by atoms with Crippen LogP contribution in [0.4, 0.5) is 0 Å². The first-order valence-electron chi connectivity index (χ1n) is 6.52. The highest BCUT2D eigenvalue weighted by Gasteiger charge is 2.31. The lowest BCUT2D eigenvalue weighted by Crippen LogP contribution is -2.49. The van der Waals surface area contributed by atoms with Crippen molar-refractivity contribution in [3.63, 3.8) is 0 Å². The first-order chi connectivity index (χ1) is 8.53. The van der Waals surface area contributed by atoms with E-state index in [1.54, 1.807) is 13.1 Å². The second-order valence-electron chi connectivity index (χ2n) is 4.66. The van der Waals surface area contributed by atoms with Gasteiger partial charge < -0.3 is 15.0 Å². The second-order valence-corrected chi connectivity index (χ2v) is 4.66. The molecular weight excluding hydrogens is 230 g/mol. The molecule has 0 aromatic carbocycles. The zero-order valence-corrected chi connectivity index (χ0v) is 11.4. The number of carbonyl (C=O) groups is 1. The fourth-order valence-electron chi connectivity index (χ4n) is 2.12. The molecular formula is C13H23N3O2. The van der Waals surface area contributed by atoms with Crippen LogP contribution < -0.4 is 5.32 Å². The largest absolute Gasteiger partial charge is 0.480 e. The van der Waals surface area contributed by atoms with E-state index in [9.17, 15) is 9.90 Å². The fourth-order valence-corrected chi connectivity index (χ4v) is 2.12. The summed E-state index contributed by atoms with van der Waals surface area (Å²) in [5.74, 6) is 0.265. The molecule has 0 bridgehead atoms. The van der Waals surface area contributed by atoms with Gasteiger partial charge in [-0.3, -0.25) is 4.79 Å². The van der Waals surface area contributed by atoms with Crippen molar-refractivity contribution in [2.45, 2.75) is 52.1 Å². The summed E-state index contributed by atoms with van der Waals surface area (Å²) in [5.41, 5.74) is -0.832. The molecule has 18 heavy (non-hydrogen) atoms. The van der Waals surface area contributed by atoms with Gasteiger partial charge in [0.05, 0.1) is 0 Å². The summed E-state index contributed by atoms with van der Waals surface area (Å²) in [7, 11) is 0. The van der Waals surface area contributed by atoms with Crippen molar-refractivity contribution >= 4 is 5.97 Å². The molecule has 2 N–H and O–H groups in total. The van der Waals surface area contributed by atoms with Gasteiger partial charge in [-0.15, -0.1) is 0 Å². The number of hydrogen-bond acceptors (Lipinski definition) is 3. The lowest BCUT2D eigenvalue weighted by atomic mass is 9.96. The minimum Gasteiger partial charge on any atom is -0.480 e. The van der Waals surface area contributed by atoms with E-state index >= 15 is 0 Å². The van der Waals surface area contributed by atoms with E-state index in [0.29, 0.717) is 13.0 Å². The standard InChI is InChI=1S/C13H23N3O2/c1-4-11-14-8-10-16(11)9-6-7-13(3,12(17)18)15-5-2/h8,10,15H,4-7,9H2,1-3H3,(H,17,18). The Bertz CT molecular complexity index is 389. The van der Waals surface area contributed by atoms with E-state index in [0.717, 1.165) is 25.2 Å². The van der Waals surface area contributed by atoms with Gasteiger partial charge in [0.1, 0.15) is 11.4 Å². The van der Waals surface area contributed by atoms with E-state index in [-0.39, 0.29) is 0 Å². The minimum absolute atomic E-state index is 0.609. The Kier molecular flexibility index (Phi) is 5.34. The molecule has 102 valence electrons. The lowest BCUT2D eigenvalue weighted by Gasteiger charge is -2.25. The molecule has 1 unspecified atom stereocenters. The molecule has 0 aliphatic carbocycles. The Balaban J connectivity index is 2.51. The molecule has 0 aliphatic heterocycles. The summed E-state index contributed by atoms with van der Waals surface area (Å²) in [6.07, 6.45) is 6.07. The molecule has 0 spiro atoms. The van der Waals surface area contributed by atoms with Crippen molar-refractivity contribution in [3.8, 4) is 0 Å². The first kappa shape index (κ1) is 14.7. The number of carboxylic acid groups (broad SMARTS) is 1. The molecule has 0 amide bonds. The molecule has 0 saturated heterocycles. The first-order valence-corrected chi connectivity index (χ1v) is 6.52. The predicted molar refractivity (Wildman–Crippen MR) is 70.6 cm³/mol. The van der Waals surface area contributed by atoms with Crippen molar-refractivity contribution in [2.24, 2.45) is 0 Å². The molecule has 0 saturated carbocycles. The number of nitrogens with one attached hydrogen (secondary N) is 1. The Labute approximate surface area is 108 Å².